The molecule has 1 aliphatic heterocycles. The molecule has 1 N–H and O–H groups in total. The van der Waals surface area contributed by atoms with Crippen LogP contribution in [-0.4, -0.2) is 12.6 Å². The molecule has 0 amide bonds. The summed E-state index contributed by atoms with van der Waals surface area (Å²) in [5.41, 5.74) is 0.493. The Morgan fingerprint density at radius 2 is 2.46 bits per heavy atom. The maximum Gasteiger partial charge on any atom is 0.150 e. The zero-order valence-electron chi connectivity index (χ0n) is 7.51. The predicted octanol–water partition coefficient (Wildman–Crippen LogP) is 2.41. The molecule has 0 spiro atoms. The fourth-order valence-electron chi connectivity index (χ4n) is 1.44. The molecule has 0 aromatic heterocycles. The van der Waals surface area contributed by atoms with Crippen molar-refractivity contribution >= 4 is 5.69 Å². The summed E-state index contributed by atoms with van der Waals surface area (Å²) in [6, 6.07) is 4.88. The maximum absolute atomic E-state index is 13.2. The van der Waals surface area contributed by atoms with Crippen molar-refractivity contribution < 1.29 is 9.13 Å². The first-order valence-electron chi connectivity index (χ1n) is 4.50. The second kappa shape index (κ2) is 3.24. The van der Waals surface area contributed by atoms with Crippen LogP contribution in [0.25, 0.3) is 0 Å². The Kier molecular flexibility index (Phi) is 2.08. The minimum absolute atomic E-state index is 0.161. The fraction of sp³-hybridized carbons (Fsp3) is 0.400. The van der Waals surface area contributed by atoms with E-state index in [2.05, 4.69) is 12.2 Å². The third kappa shape index (κ3) is 1.46. The molecule has 1 atom stereocenters. The molecule has 1 heterocycles. The van der Waals surface area contributed by atoms with Gasteiger partial charge in [0.25, 0.3) is 0 Å². The molecule has 13 heavy (non-hydrogen) atoms. The van der Waals surface area contributed by atoms with E-state index >= 15 is 0 Å². The molecular formula is C10H12FNO. The maximum atomic E-state index is 13.2. The number of rotatable bonds is 1. The first-order chi connectivity index (χ1) is 6.31. The Bertz CT molecular complexity index is 314. The van der Waals surface area contributed by atoms with Gasteiger partial charge in [0.2, 0.25) is 0 Å². The molecular weight excluding hydrogens is 169 g/mol. The van der Waals surface area contributed by atoms with Crippen LogP contribution in [0.2, 0.25) is 0 Å². The summed E-state index contributed by atoms with van der Waals surface area (Å²) in [4.78, 5) is 0. The second-order valence-corrected chi connectivity index (χ2v) is 3.14. The van der Waals surface area contributed by atoms with E-state index in [1.807, 2.05) is 0 Å². The average molecular weight is 181 g/mol. The van der Waals surface area contributed by atoms with Gasteiger partial charge in [-0.25, -0.2) is 4.39 Å². The van der Waals surface area contributed by atoms with Crippen molar-refractivity contribution in [2.45, 2.75) is 19.4 Å². The number of benzene rings is 1. The molecule has 3 heteroatoms. The van der Waals surface area contributed by atoms with Gasteiger partial charge in [-0.2, -0.15) is 0 Å². The van der Waals surface area contributed by atoms with Crippen LogP contribution in [0.1, 0.15) is 13.3 Å². The largest absolute Gasteiger partial charge is 0.486 e. The van der Waals surface area contributed by atoms with Crippen LogP contribution in [0.4, 0.5) is 10.1 Å². The quantitative estimate of drug-likeness (QED) is 0.718. The summed E-state index contributed by atoms with van der Waals surface area (Å²) < 4.78 is 18.7. The number of fused-ring (bicyclic) bond motifs is 1. The molecule has 0 saturated heterocycles. The summed E-state index contributed by atoms with van der Waals surface area (Å²) in [7, 11) is 0. The van der Waals surface area contributed by atoms with Crippen molar-refractivity contribution in [1.82, 2.24) is 0 Å². The lowest BCUT2D eigenvalue weighted by Gasteiger charge is -2.26. The summed E-state index contributed by atoms with van der Waals surface area (Å²) >= 11 is 0. The number of ether oxygens (including phenoxy) is 1. The summed E-state index contributed by atoms with van der Waals surface area (Å²) in [6.45, 7) is 2.74. The van der Waals surface area contributed by atoms with E-state index in [1.54, 1.807) is 12.1 Å². The lowest BCUT2D eigenvalue weighted by molar-refractivity contribution is 0.200. The van der Waals surface area contributed by atoms with Gasteiger partial charge in [-0.15, -0.1) is 0 Å². The minimum Gasteiger partial charge on any atom is -0.486 e. The van der Waals surface area contributed by atoms with E-state index in [4.69, 9.17) is 4.74 Å². The molecule has 1 aliphatic rings. The second-order valence-electron chi connectivity index (χ2n) is 3.14. The van der Waals surface area contributed by atoms with Gasteiger partial charge in [-0.3, -0.25) is 0 Å². The van der Waals surface area contributed by atoms with Gasteiger partial charge in [-0.1, -0.05) is 13.0 Å². The van der Waals surface area contributed by atoms with Gasteiger partial charge in [0.1, 0.15) is 23.4 Å². The fourth-order valence-corrected chi connectivity index (χ4v) is 1.44. The Hall–Kier alpha value is -1.25. The minimum atomic E-state index is -0.243. The molecule has 0 saturated carbocycles. The average Bonchev–Trinajstić information content (AvgIpc) is 2.18. The number of halogens is 1. The molecule has 0 radical (unpaired) electrons. The molecule has 0 aliphatic carbocycles. The van der Waals surface area contributed by atoms with E-state index < -0.39 is 0 Å². The van der Waals surface area contributed by atoms with E-state index in [1.165, 1.54) is 6.07 Å². The molecule has 1 aromatic carbocycles. The zero-order valence-corrected chi connectivity index (χ0v) is 7.51. The molecule has 0 fully saturated rings. The zero-order chi connectivity index (χ0) is 9.26. The van der Waals surface area contributed by atoms with Crippen molar-refractivity contribution in [2.75, 3.05) is 11.9 Å². The van der Waals surface area contributed by atoms with Crippen LogP contribution < -0.4 is 10.1 Å². The van der Waals surface area contributed by atoms with Gasteiger partial charge < -0.3 is 10.1 Å². The Labute approximate surface area is 76.7 Å². The number of hydrogen-bond donors (Lipinski definition) is 1. The lowest BCUT2D eigenvalue weighted by atomic mass is 10.2. The van der Waals surface area contributed by atoms with Crippen LogP contribution in [0.5, 0.6) is 5.75 Å². The van der Waals surface area contributed by atoms with Crippen LogP contribution >= 0.6 is 0 Å². The number of nitrogens with one attached hydrogen (secondary N) is 1. The van der Waals surface area contributed by atoms with E-state index in [9.17, 15) is 4.39 Å². The topological polar surface area (TPSA) is 21.3 Å². The SMILES string of the molecule is CCC1CNc2c(F)cccc2O1. The van der Waals surface area contributed by atoms with Crippen molar-refractivity contribution in [3.8, 4) is 5.75 Å². The standard InChI is InChI=1S/C10H12FNO/c1-2-7-6-12-10-8(11)4-3-5-9(10)13-7/h3-5,7,12H,2,6H2,1H3. The highest BCUT2D eigenvalue weighted by Gasteiger charge is 2.19. The first-order valence-corrected chi connectivity index (χ1v) is 4.50. The summed E-state index contributed by atoms with van der Waals surface area (Å²) in [5.74, 6) is 0.380. The van der Waals surface area contributed by atoms with E-state index in [-0.39, 0.29) is 11.9 Å². The Balaban J connectivity index is 2.31. The molecule has 1 unspecified atom stereocenters. The van der Waals surface area contributed by atoms with E-state index in [0.29, 0.717) is 18.0 Å². The van der Waals surface area contributed by atoms with Gasteiger partial charge in [-0.05, 0) is 18.6 Å². The Morgan fingerprint density at radius 3 is 3.23 bits per heavy atom. The highest BCUT2D eigenvalue weighted by molar-refractivity contribution is 5.58. The number of para-hydroxylation sites is 1. The van der Waals surface area contributed by atoms with Crippen molar-refractivity contribution in [2.24, 2.45) is 0 Å². The monoisotopic (exact) mass is 181 g/mol. The predicted molar refractivity (Wildman–Crippen MR) is 49.6 cm³/mol. The first kappa shape index (κ1) is 8.35. The van der Waals surface area contributed by atoms with Gasteiger partial charge in [0.15, 0.2) is 0 Å². The highest BCUT2D eigenvalue weighted by atomic mass is 19.1. The van der Waals surface area contributed by atoms with Crippen molar-refractivity contribution in [3.63, 3.8) is 0 Å². The van der Waals surface area contributed by atoms with Crippen LogP contribution in [0, 0.1) is 5.82 Å². The Morgan fingerprint density at radius 1 is 1.62 bits per heavy atom. The smallest absolute Gasteiger partial charge is 0.150 e. The lowest BCUT2D eigenvalue weighted by Crippen LogP contribution is -2.30. The number of hydrogen-bond acceptors (Lipinski definition) is 2. The van der Waals surface area contributed by atoms with Crippen LogP contribution in [0.3, 0.4) is 0 Å². The van der Waals surface area contributed by atoms with Crippen molar-refractivity contribution in [1.29, 1.82) is 0 Å². The molecule has 0 bridgehead atoms. The van der Waals surface area contributed by atoms with Gasteiger partial charge in [0.05, 0.1) is 6.54 Å². The molecule has 70 valence electrons. The van der Waals surface area contributed by atoms with Gasteiger partial charge >= 0.3 is 0 Å². The highest BCUT2D eigenvalue weighted by Crippen LogP contribution is 2.31. The van der Waals surface area contributed by atoms with Crippen LogP contribution in [-0.2, 0) is 0 Å². The number of anilines is 1. The third-order valence-corrected chi connectivity index (χ3v) is 2.23. The van der Waals surface area contributed by atoms with Crippen LogP contribution in [0.15, 0.2) is 18.2 Å². The third-order valence-electron chi connectivity index (χ3n) is 2.23. The normalized spacial score (nSPS) is 20.0. The summed E-state index contributed by atoms with van der Waals surface area (Å²) in [6.07, 6.45) is 1.09. The van der Waals surface area contributed by atoms with Crippen molar-refractivity contribution in [3.05, 3.63) is 24.0 Å². The molecule has 1 aromatic rings. The van der Waals surface area contributed by atoms with E-state index in [0.717, 1.165) is 6.42 Å². The molecule has 2 rings (SSSR count). The van der Waals surface area contributed by atoms with Gasteiger partial charge in [0, 0.05) is 0 Å². The summed E-state index contributed by atoms with van der Waals surface area (Å²) in [5, 5.41) is 3.03. The molecule has 2 nitrogen and oxygen atoms in total.